The highest BCUT2D eigenvalue weighted by Gasteiger charge is 2.17. The maximum Gasteiger partial charge on any atom is 0.165 e. The number of halogens is 1. The van der Waals surface area contributed by atoms with Crippen LogP contribution in [0.15, 0.2) is 42.5 Å². The molecule has 0 aliphatic carbocycles. The minimum atomic E-state index is -0.627. The Balaban J connectivity index is 1.56. The number of para-hydroxylation sites is 1. The molecule has 0 radical (unpaired) electrons. The van der Waals surface area contributed by atoms with Gasteiger partial charge in [0.15, 0.2) is 11.5 Å². The van der Waals surface area contributed by atoms with Crippen molar-refractivity contribution in [1.82, 2.24) is 5.32 Å². The van der Waals surface area contributed by atoms with Crippen LogP contribution in [0.4, 0.5) is 4.39 Å². The summed E-state index contributed by atoms with van der Waals surface area (Å²) < 4.78 is 24.2. The zero-order valence-corrected chi connectivity index (χ0v) is 13.7. The molecule has 0 saturated carbocycles. The highest BCUT2D eigenvalue weighted by atomic mass is 19.1. The van der Waals surface area contributed by atoms with Gasteiger partial charge in [0.1, 0.15) is 19.0 Å². The first-order valence-electron chi connectivity index (χ1n) is 8.18. The van der Waals surface area contributed by atoms with E-state index < -0.39 is 6.10 Å². The molecule has 0 fully saturated rings. The van der Waals surface area contributed by atoms with Gasteiger partial charge in [-0.1, -0.05) is 24.3 Å². The molecule has 0 spiro atoms. The molecule has 1 heterocycles. The highest BCUT2D eigenvalue weighted by molar-refractivity contribution is 5.47. The van der Waals surface area contributed by atoms with Gasteiger partial charge in [0.25, 0.3) is 0 Å². The predicted octanol–water partition coefficient (Wildman–Crippen LogP) is 3.20. The first kappa shape index (κ1) is 16.7. The van der Waals surface area contributed by atoms with Crippen LogP contribution >= 0.6 is 0 Å². The standard InChI is InChI=1S/C19H22FNO3/c1-13(11-17(22)14-5-7-16(20)8-6-14)21-12-15-3-2-4-18-19(15)24-10-9-23-18/h2-8,13,17,21-22H,9-12H2,1H3. The third-order valence-corrected chi connectivity index (χ3v) is 4.12. The lowest BCUT2D eigenvalue weighted by atomic mass is 10.0. The van der Waals surface area contributed by atoms with Crippen LogP contribution < -0.4 is 14.8 Å². The molecule has 24 heavy (non-hydrogen) atoms. The number of hydrogen-bond acceptors (Lipinski definition) is 4. The lowest BCUT2D eigenvalue weighted by Crippen LogP contribution is -2.28. The van der Waals surface area contributed by atoms with Gasteiger partial charge in [0.05, 0.1) is 6.10 Å². The van der Waals surface area contributed by atoms with E-state index in [9.17, 15) is 9.50 Å². The van der Waals surface area contributed by atoms with Gasteiger partial charge in [-0.3, -0.25) is 0 Å². The van der Waals surface area contributed by atoms with Crippen LogP contribution in [-0.2, 0) is 6.54 Å². The Morgan fingerprint density at radius 1 is 1.12 bits per heavy atom. The Hall–Kier alpha value is -2.11. The van der Waals surface area contributed by atoms with Crippen molar-refractivity contribution in [2.75, 3.05) is 13.2 Å². The van der Waals surface area contributed by atoms with Crippen molar-refractivity contribution in [1.29, 1.82) is 0 Å². The molecular weight excluding hydrogens is 309 g/mol. The SMILES string of the molecule is CC(CC(O)c1ccc(F)cc1)NCc1cccc2c1OCCO2. The van der Waals surface area contributed by atoms with Crippen LogP contribution in [0, 0.1) is 5.82 Å². The molecule has 0 saturated heterocycles. The zero-order chi connectivity index (χ0) is 16.9. The fourth-order valence-corrected chi connectivity index (χ4v) is 2.80. The van der Waals surface area contributed by atoms with E-state index >= 15 is 0 Å². The molecule has 2 aromatic carbocycles. The molecule has 3 rings (SSSR count). The highest BCUT2D eigenvalue weighted by Crippen LogP contribution is 2.33. The van der Waals surface area contributed by atoms with E-state index in [1.54, 1.807) is 12.1 Å². The van der Waals surface area contributed by atoms with Crippen LogP contribution in [0.5, 0.6) is 11.5 Å². The molecule has 0 amide bonds. The van der Waals surface area contributed by atoms with E-state index in [0.717, 1.165) is 22.6 Å². The number of aliphatic hydroxyl groups excluding tert-OH is 1. The molecule has 4 nitrogen and oxygen atoms in total. The first-order chi connectivity index (χ1) is 11.6. The monoisotopic (exact) mass is 331 g/mol. The van der Waals surface area contributed by atoms with Gasteiger partial charge in [0.2, 0.25) is 0 Å². The van der Waals surface area contributed by atoms with E-state index in [1.807, 2.05) is 25.1 Å². The topological polar surface area (TPSA) is 50.7 Å². The number of hydrogen-bond donors (Lipinski definition) is 2. The van der Waals surface area contributed by atoms with Crippen LogP contribution in [0.2, 0.25) is 0 Å². The lowest BCUT2D eigenvalue weighted by molar-refractivity contribution is 0.153. The minimum absolute atomic E-state index is 0.0884. The number of fused-ring (bicyclic) bond motifs is 1. The Morgan fingerprint density at radius 3 is 2.67 bits per heavy atom. The third kappa shape index (κ3) is 4.04. The predicted molar refractivity (Wildman–Crippen MR) is 89.7 cm³/mol. The van der Waals surface area contributed by atoms with Gasteiger partial charge >= 0.3 is 0 Å². The van der Waals surface area contributed by atoms with Crippen LogP contribution in [-0.4, -0.2) is 24.4 Å². The average Bonchev–Trinajstić information content (AvgIpc) is 2.60. The summed E-state index contributed by atoms with van der Waals surface area (Å²) in [6.45, 7) is 3.77. The van der Waals surface area contributed by atoms with E-state index in [0.29, 0.717) is 26.2 Å². The minimum Gasteiger partial charge on any atom is -0.486 e. The van der Waals surface area contributed by atoms with Gasteiger partial charge in [-0.25, -0.2) is 4.39 Å². The maximum atomic E-state index is 12.9. The van der Waals surface area contributed by atoms with Gasteiger partial charge in [-0.15, -0.1) is 0 Å². The van der Waals surface area contributed by atoms with E-state index in [-0.39, 0.29) is 11.9 Å². The summed E-state index contributed by atoms with van der Waals surface area (Å²) in [5.74, 6) is 1.27. The molecule has 128 valence electrons. The summed E-state index contributed by atoms with van der Waals surface area (Å²) in [7, 11) is 0. The quantitative estimate of drug-likeness (QED) is 0.853. The van der Waals surface area contributed by atoms with Crippen molar-refractivity contribution in [3.8, 4) is 11.5 Å². The summed E-state index contributed by atoms with van der Waals surface area (Å²) in [6, 6.07) is 11.9. The second-order valence-electron chi connectivity index (χ2n) is 6.03. The van der Waals surface area contributed by atoms with Crippen LogP contribution in [0.3, 0.4) is 0 Å². The maximum absolute atomic E-state index is 12.9. The molecule has 0 aromatic heterocycles. The lowest BCUT2D eigenvalue weighted by Gasteiger charge is -2.23. The zero-order valence-electron chi connectivity index (χ0n) is 13.7. The molecule has 0 bridgehead atoms. The van der Waals surface area contributed by atoms with Crippen molar-refractivity contribution in [3.63, 3.8) is 0 Å². The number of rotatable bonds is 6. The number of ether oxygens (including phenoxy) is 2. The average molecular weight is 331 g/mol. The second-order valence-corrected chi connectivity index (χ2v) is 6.03. The Labute approximate surface area is 141 Å². The van der Waals surface area contributed by atoms with Crippen molar-refractivity contribution >= 4 is 0 Å². The van der Waals surface area contributed by atoms with Crippen molar-refractivity contribution in [3.05, 3.63) is 59.4 Å². The van der Waals surface area contributed by atoms with Gasteiger partial charge in [-0.2, -0.15) is 0 Å². The molecular formula is C19H22FNO3. The second kappa shape index (κ2) is 7.64. The van der Waals surface area contributed by atoms with Crippen molar-refractivity contribution in [2.24, 2.45) is 0 Å². The molecule has 2 unspecified atom stereocenters. The molecule has 1 aliphatic heterocycles. The van der Waals surface area contributed by atoms with Crippen LogP contribution in [0.25, 0.3) is 0 Å². The number of benzene rings is 2. The fraction of sp³-hybridized carbons (Fsp3) is 0.368. The van der Waals surface area contributed by atoms with Crippen LogP contribution in [0.1, 0.15) is 30.6 Å². The summed E-state index contributed by atoms with van der Waals surface area (Å²) in [5.41, 5.74) is 1.76. The van der Waals surface area contributed by atoms with Gasteiger partial charge in [-0.05, 0) is 37.1 Å². The van der Waals surface area contributed by atoms with Gasteiger partial charge < -0.3 is 19.9 Å². The summed E-state index contributed by atoms with van der Waals surface area (Å²) >= 11 is 0. The van der Waals surface area contributed by atoms with E-state index in [2.05, 4.69) is 5.32 Å². The molecule has 2 N–H and O–H groups in total. The van der Waals surface area contributed by atoms with Crippen molar-refractivity contribution in [2.45, 2.75) is 32.0 Å². The first-order valence-corrected chi connectivity index (χ1v) is 8.18. The van der Waals surface area contributed by atoms with Crippen molar-refractivity contribution < 1.29 is 19.0 Å². The molecule has 2 atom stereocenters. The smallest absolute Gasteiger partial charge is 0.165 e. The number of aliphatic hydroxyl groups is 1. The Bertz CT molecular complexity index is 675. The summed E-state index contributed by atoms with van der Waals surface area (Å²) in [4.78, 5) is 0. The fourth-order valence-electron chi connectivity index (χ4n) is 2.80. The Morgan fingerprint density at radius 2 is 1.88 bits per heavy atom. The molecule has 5 heteroatoms. The Kier molecular flexibility index (Phi) is 5.33. The molecule has 1 aliphatic rings. The molecule has 2 aromatic rings. The van der Waals surface area contributed by atoms with Gasteiger partial charge in [0, 0.05) is 18.2 Å². The number of nitrogens with one attached hydrogen (secondary N) is 1. The summed E-state index contributed by atoms with van der Waals surface area (Å²) in [6.07, 6.45) is -0.0877. The third-order valence-electron chi connectivity index (χ3n) is 4.12. The summed E-state index contributed by atoms with van der Waals surface area (Å²) in [5, 5.41) is 13.7. The normalized spacial score (nSPS) is 15.8. The van der Waals surface area contributed by atoms with E-state index in [4.69, 9.17) is 9.47 Å². The largest absolute Gasteiger partial charge is 0.486 e. The van der Waals surface area contributed by atoms with E-state index in [1.165, 1.54) is 12.1 Å².